The summed E-state index contributed by atoms with van der Waals surface area (Å²) in [6.07, 6.45) is 0.906. The molecule has 2 rings (SSSR count). The van der Waals surface area contributed by atoms with Crippen LogP contribution in [0.15, 0.2) is 24.3 Å². The number of ether oxygens (including phenoxy) is 1. The SMILES string of the molecule is COc1c(NCCc2ccccc2C)sc(C(C)=O)c1N. The van der Waals surface area contributed by atoms with E-state index in [2.05, 4.69) is 24.4 Å². The van der Waals surface area contributed by atoms with Crippen molar-refractivity contribution in [3.05, 3.63) is 40.3 Å². The van der Waals surface area contributed by atoms with E-state index in [1.807, 2.05) is 12.1 Å². The molecule has 0 radical (unpaired) electrons. The smallest absolute Gasteiger partial charge is 0.176 e. The van der Waals surface area contributed by atoms with E-state index in [-0.39, 0.29) is 5.78 Å². The zero-order chi connectivity index (χ0) is 15.4. The number of anilines is 2. The van der Waals surface area contributed by atoms with Crippen LogP contribution in [0.25, 0.3) is 0 Å². The van der Waals surface area contributed by atoms with Crippen LogP contribution >= 0.6 is 11.3 Å². The van der Waals surface area contributed by atoms with Gasteiger partial charge in [-0.25, -0.2) is 0 Å². The van der Waals surface area contributed by atoms with Crippen LogP contribution in [-0.2, 0) is 6.42 Å². The summed E-state index contributed by atoms with van der Waals surface area (Å²) < 4.78 is 5.30. The first-order valence-electron chi connectivity index (χ1n) is 6.80. The molecule has 0 spiro atoms. The molecule has 5 heteroatoms. The van der Waals surface area contributed by atoms with Crippen LogP contribution in [0.4, 0.5) is 10.7 Å². The zero-order valence-electron chi connectivity index (χ0n) is 12.5. The highest BCUT2D eigenvalue weighted by molar-refractivity contribution is 7.19. The molecule has 0 aliphatic rings. The minimum Gasteiger partial charge on any atom is -0.492 e. The molecule has 0 amide bonds. The van der Waals surface area contributed by atoms with Crippen LogP contribution in [0.5, 0.6) is 5.75 Å². The Labute approximate surface area is 128 Å². The summed E-state index contributed by atoms with van der Waals surface area (Å²) in [6, 6.07) is 8.30. The molecule has 0 bridgehead atoms. The highest BCUT2D eigenvalue weighted by Gasteiger charge is 2.19. The third kappa shape index (κ3) is 3.36. The second-order valence-electron chi connectivity index (χ2n) is 4.87. The monoisotopic (exact) mass is 304 g/mol. The molecule has 1 heterocycles. The molecule has 0 saturated carbocycles. The van der Waals surface area contributed by atoms with Gasteiger partial charge in [0.1, 0.15) is 5.00 Å². The Morgan fingerprint density at radius 3 is 2.71 bits per heavy atom. The fraction of sp³-hybridized carbons (Fsp3) is 0.312. The van der Waals surface area contributed by atoms with Crippen molar-refractivity contribution in [1.29, 1.82) is 0 Å². The summed E-state index contributed by atoms with van der Waals surface area (Å²) >= 11 is 1.35. The number of benzene rings is 1. The number of thiophene rings is 1. The van der Waals surface area contributed by atoms with Crippen LogP contribution in [0.1, 0.15) is 27.7 Å². The number of hydrogen-bond donors (Lipinski definition) is 2. The van der Waals surface area contributed by atoms with E-state index >= 15 is 0 Å². The van der Waals surface area contributed by atoms with Crippen molar-refractivity contribution in [2.75, 3.05) is 24.7 Å². The number of carbonyl (C=O) groups excluding carboxylic acids is 1. The predicted octanol–water partition coefficient (Wildman–Crippen LogP) is 3.50. The van der Waals surface area contributed by atoms with E-state index in [0.29, 0.717) is 16.3 Å². The minimum absolute atomic E-state index is 0.0391. The van der Waals surface area contributed by atoms with E-state index in [4.69, 9.17) is 10.5 Å². The van der Waals surface area contributed by atoms with Gasteiger partial charge >= 0.3 is 0 Å². The van der Waals surface area contributed by atoms with E-state index in [9.17, 15) is 4.79 Å². The second-order valence-corrected chi connectivity index (χ2v) is 5.89. The van der Waals surface area contributed by atoms with Crippen LogP contribution in [-0.4, -0.2) is 19.4 Å². The number of hydrogen-bond acceptors (Lipinski definition) is 5. The Morgan fingerprint density at radius 1 is 1.38 bits per heavy atom. The average Bonchev–Trinajstić information content (AvgIpc) is 2.77. The lowest BCUT2D eigenvalue weighted by molar-refractivity contribution is 0.102. The first-order chi connectivity index (χ1) is 10.0. The first-order valence-corrected chi connectivity index (χ1v) is 7.61. The number of ketones is 1. The van der Waals surface area contributed by atoms with Crippen molar-refractivity contribution in [1.82, 2.24) is 0 Å². The molecule has 112 valence electrons. The fourth-order valence-corrected chi connectivity index (χ4v) is 3.22. The van der Waals surface area contributed by atoms with Crippen molar-refractivity contribution in [3.8, 4) is 5.75 Å². The summed E-state index contributed by atoms with van der Waals surface area (Å²) in [5, 5.41) is 4.13. The first kappa shape index (κ1) is 15.4. The molecule has 4 nitrogen and oxygen atoms in total. The summed E-state index contributed by atoms with van der Waals surface area (Å²) in [4.78, 5) is 12.1. The second kappa shape index (κ2) is 6.63. The Morgan fingerprint density at radius 2 is 2.10 bits per heavy atom. The van der Waals surface area contributed by atoms with Gasteiger partial charge < -0.3 is 15.8 Å². The highest BCUT2D eigenvalue weighted by Crippen LogP contribution is 2.42. The van der Waals surface area contributed by atoms with Crippen molar-refractivity contribution >= 4 is 27.8 Å². The third-order valence-corrected chi connectivity index (χ3v) is 4.61. The number of carbonyl (C=O) groups is 1. The number of Topliss-reactive ketones (excluding diaryl/α,β-unsaturated/α-hetero) is 1. The Balaban J connectivity index is 2.08. The molecule has 1 aromatic heterocycles. The molecule has 21 heavy (non-hydrogen) atoms. The zero-order valence-corrected chi connectivity index (χ0v) is 13.3. The Kier molecular flexibility index (Phi) is 4.85. The molecule has 0 fully saturated rings. The summed E-state index contributed by atoms with van der Waals surface area (Å²) in [6.45, 7) is 4.38. The van der Waals surface area contributed by atoms with Crippen molar-refractivity contribution in [3.63, 3.8) is 0 Å². The molecule has 3 N–H and O–H groups in total. The minimum atomic E-state index is -0.0391. The van der Waals surface area contributed by atoms with Gasteiger partial charge in [0.05, 0.1) is 17.7 Å². The number of nitrogens with one attached hydrogen (secondary N) is 1. The number of rotatable bonds is 6. The molecular formula is C16H20N2O2S. The number of aryl methyl sites for hydroxylation is 1. The van der Waals surface area contributed by atoms with E-state index in [0.717, 1.165) is 18.0 Å². The molecule has 0 saturated heterocycles. The molecule has 0 aliphatic carbocycles. The molecule has 0 aliphatic heterocycles. The Bertz CT molecular complexity index is 650. The molecule has 0 atom stereocenters. The van der Waals surface area contributed by atoms with E-state index in [1.165, 1.54) is 29.4 Å². The topological polar surface area (TPSA) is 64.3 Å². The van der Waals surface area contributed by atoms with Gasteiger partial charge in [0.15, 0.2) is 11.5 Å². The van der Waals surface area contributed by atoms with Crippen LogP contribution in [0.3, 0.4) is 0 Å². The quantitative estimate of drug-likeness (QED) is 0.802. The van der Waals surface area contributed by atoms with Gasteiger partial charge in [-0.3, -0.25) is 4.79 Å². The molecule has 0 unspecified atom stereocenters. The standard InChI is InChI=1S/C16H20N2O2S/c1-10-6-4-5-7-12(10)8-9-18-16-14(20-3)13(17)15(21-16)11(2)19/h4-7,18H,8-9,17H2,1-3H3. The van der Waals surface area contributed by atoms with Gasteiger partial charge in [0, 0.05) is 13.5 Å². The summed E-state index contributed by atoms with van der Waals surface area (Å²) in [5.74, 6) is 0.526. The predicted molar refractivity (Wildman–Crippen MR) is 88.7 cm³/mol. The van der Waals surface area contributed by atoms with Crippen molar-refractivity contribution < 1.29 is 9.53 Å². The average molecular weight is 304 g/mol. The normalized spacial score (nSPS) is 10.4. The lowest BCUT2D eigenvalue weighted by Gasteiger charge is -2.08. The van der Waals surface area contributed by atoms with Gasteiger partial charge in [-0.1, -0.05) is 24.3 Å². The molecule has 1 aromatic carbocycles. The van der Waals surface area contributed by atoms with Crippen molar-refractivity contribution in [2.24, 2.45) is 0 Å². The molecular weight excluding hydrogens is 284 g/mol. The van der Waals surface area contributed by atoms with E-state index in [1.54, 1.807) is 7.11 Å². The summed E-state index contributed by atoms with van der Waals surface area (Å²) in [5.41, 5.74) is 8.96. The van der Waals surface area contributed by atoms with Gasteiger partial charge in [-0.05, 0) is 24.5 Å². The maximum atomic E-state index is 11.5. The number of nitrogens with two attached hydrogens (primary N) is 1. The fourth-order valence-electron chi connectivity index (χ4n) is 2.21. The highest BCUT2D eigenvalue weighted by atomic mass is 32.1. The largest absolute Gasteiger partial charge is 0.492 e. The third-order valence-electron chi connectivity index (χ3n) is 3.36. The van der Waals surface area contributed by atoms with Crippen LogP contribution in [0, 0.1) is 6.92 Å². The Hall–Kier alpha value is -2.01. The van der Waals surface area contributed by atoms with Crippen molar-refractivity contribution in [2.45, 2.75) is 20.3 Å². The maximum Gasteiger partial charge on any atom is 0.176 e. The molecule has 2 aromatic rings. The van der Waals surface area contributed by atoms with Gasteiger partial charge in [-0.15, -0.1) is 11.3 Å². The van der Waals surface area contributed by atoms with Gasteiger partial charge in [0.2, 0.25) is 0 Å². The maximum absolute atomic E-state index is 11.5. The van der Waals surface area contributed by atoms with Crippen LogP contribution in [0.2, 0.25) is 0 Å². The lowest BCUT2D eigenvalue weighted by atomic mass is 10.1. The van der Waals surface area contributed by atoms with E-state index < -0.39 is 0 Å². The van der Waals surface area contributed by atoms with Gasteiger partial charge in [-0.2, -0.15) is 0 Å². The number of methoxy groups -OCH3 is 1. The lowest BCUT2D eigenvalue weighted by Crippen LogP contribution is -2.05. The summed E-state index contributed by atoms with van der Waals surface area (Å²) in [7, 11) is 1.56. The number of nitrogen functional groups attached to an aromatic ring is 1. The van der Waals surface area contributed by atoms with Gasteiger partial charge in [0.25, 0.3) is 0 Å². The van der Waals surface area contributed by atoms with Crippen LogP contribution < -0.4 is 15.8 Å².